The molecule has 0 saturated carbocycles. The minimum atomic E-state index is 0.585. The molecule has 2 rings (SSSR count). The van der Waals surface area contributed by atoms with Gasteiger partial charge in [0, 0.05) is 13.1 Å². The number of anilines is 1. The van der Waals surface area contributed by atoms with Crippen LogP contribution in [0.5, 0.6) is 0 Å². The SMILES string of the molecule is N#Cc1ccc(NCC2=CCNCC2)c(Cl)c1. The molecule has 4 heteroatoms. The molecule has 0 amide bonds. The molecular weight excluding hydrogens is 234 g/mol. The highest BCUT2D eigenvalue weighted by atomic mass is 35.5. The molecule has 17 heavy (non-hydrogen) atoms. The summed E-state index contributed by atoms with van der Waals surface area (Å²) in [6, 6.07) is 7.37. The Hall–Kier alpha value is -1.50. The molecule has 0 bridgehead atoms. The fraction of sp³-hybridized carbons (Fsp3) is 0.308. The van der Waals surface area contributed by atoms with Crippen LogP contribution in [0.3, 0.4) is 0 Å². The molecule has 0 radical (unpaired) electrons. The second-order valence-electron chi connectivity index (χ2n) is 3.98. The molecule has 1 heterocycles. The van der Waals surface area contributed by atoms with Crippen molar-refractivity contribution in [3.8, 4) is 6.07 Å². The zero-order valence-corrected chi connectivity index (χ0v) is 10.2. The van der Waals surface area contributed by atoms with Crippen LogP contribution in [0.4, 0.5) is 5.69 Å². The molecular formula is C13H14ClN3. The summed E-state index contributed by atoms with van der Waals surface area (Å²) in [6.45, 7) is 2.79. The van der Waals surface area contributed by atoms with Crippen molar-refractivity contribution in [2.24, 2.45) is 0 Å². The summed E-state index contributed by atoms with van der Waals surface area (Å²) in [5.41, 5.74) is 2.86. The first-order valence-corrected chi connectivity index (χ1v) is 5.99. The van der Waals surface area contributed by atoms with Crippen LogP contribution < -0.4 is 10.6 Å². The number of halogens is 1. The van der Waals surface area contributed by atoms with E-state index in [9.17, 15) is 0 Å². The van der Waals surface area contributed by atoms with E-state index in [1.165, 1.54) is 5.57 Å². The largest absolute Gasteiger partial charge is 0.380 e. The lowest BCUT2D eigenvalue weighted by atomic mass is 10.1. The van der Waals surface area contributed by atoms with Crippen molar-refractivity contribution in [3.05, 3.63) is 40.4 Å². The second-order valence-corrected chi connectivity index (χ2v) is 4.38. The molecule has 1 aliphatic heterocycles. The van der Waals surface area contributed by atoms with E-state index < -0.39 is 0 Å². The Bertz CT molecular complexity index is 474. The number of benzene rings is 1. The zero-order valence-electron chi connectivity index (χ0n) is 9.46. The van der Waals surface area contributed by atoms with Crippen LogP contribution in [0, 0.1) is 11.3 Å². The zero-order chi connectivity index (χ0) is 12.1. The maximum absolute atomic E-state index is 8.74. The third kappa shape index (κ3) is 3.23. The van der Waals surface area contributed by atoms with Crippen LogP contribution in [0.2, 0.25) is 5.02 Å². The van der Waals surface area contributed by atoms with E-state index in [0.717, 1.165) is 31.7 Å². The van der Waals surface area contributed by atoms with Crippen molar-refractivity contribution in [2.45, 2.75) is 6.42 Å². The van der Waals surface area contributed by atoms with Crippen LogP contribution in [-0.2, 0) is 0 Å². The number of hydrogen-bond donors (Lipinski definition) is 2. The van der Waals surface area contributed by atoms with Crippen LogP contribution in [0.1, 0.15) is 12.0 Å². The van der Waals surface area contributed by atoms with E-state index in [1.807, 2.05) is 6.07 Å². The van der Waals surface area contributed by atoms with E-state index in [1.54, 1.807) is 12.1 Å². The van der Waals surface area contributed by atoms with Gasteiger partial charge in [0.05, 0.1) is 22.3 Å². The average Bonchev–Trinajstić information content (AvgIpc) is 2.38. The number of nitrogens with zero attached hydrogens (tertiary/aromatic N) is 1. The van der Waals surface area contributed by atoms with E-state index in [4.69, 9.17) is 16.9 Å². The summed E-state index contributed by atoms with van der Waals surface area (Å²) < 4.78 is 0. The van der Waals surface area contributed by atoms with Gasteiger partial charge in [-0.25, -0.2) is 0 Å². The predicted octanol–water partition coefficient (Wildman–Crippen LogP) is 2.54. The van der Waals surface area contributed by atoms with E-state index in [0.29, 0.717) is 10.6 Å². The van der Waals surface area contributed by atoms with Gasteiger partial charge in [0.25, 0.3) is 0 Å². The Balaban J connectivity index is 1.99. The van der Waals surface area contributed by atoms with Gasteiger partial charge in [0.1, 0.15) is 0 Å². The number of hydrogen-bond acceptors (Lipinski definition) is 3. The van der Waals surface area contributed by atoms with E-state index in [-0.39, 0.29) is 0 Å². The van der Waals surface area contributed by atoms with Gasteiger partial charge in [-0.3, -0.25) is 0 Å². The maximum atomic E-state index is 8.74. The summed E-state index contributed by atoms with van der Waals surface area (Å²) in [5, 5.41) is 15.9. The highest BCUT2D eigenvalue weighted by molar-refractivity contribution is 6.33. The summed E-state index contributed by atoms with van der Waals surface area (Å²) in [5.74, 6) is 0. The summed E-state index contributed by atoms with van der Waals surface area (Å²) in [7, 11) is 0. The number of rotatable bonds is 3. The molecule has 0 unspecified atom stereocenters. The first-order valence-electron chi connectivity index (χ1n) is 5.62. The van der Waals surface area contributed by atoms with Gasteiger partial charge in [-0.05, 0) is 31.2 Å². The highest BCUT2D eigenvalue weighted by Gasteiger charge is 2.05. The number of nitrogens with one attached hydrogen (secondary N) is 2. The second kappa shape index (κ2) is 5.72. The minimum absolute atomic E-state index is 0.585. The molecule has 0 aliphatic carbocycles. The first-order chi connectivity index (χ1) is 8.29. The van der Waals surface area contributed by atoms with Crippen molar-refractivity contribution < 1.29 is 0 Å². The van der Waals surface area contributed by atoms with Gasteiger partial charge in [-0.15, -0.1) is 0 Å². The molecule has 3 nitrogen and oxygen atoms in total. The summed E-state index contributed by atoms with van der Waals surface area (Å²) in [6.07, 6.45) is 3.27. The van der Waals surface area contributed by atoms with Crippen LogP contribution in [-0.4, -0.2) is 19.6 Å². The molecule has 2 N–H and O–H groups in total. The van der Waals surface area contributed by atoms with Gasteiger partial charge in [0.2, 0.25) is 0 Å². The molecule has 0 fully saturated rings. The lowest BCUT2D eigenvalue weighted by molar-refractivity contribution is 0.698. The van der Waals surface area contributed by atoms with Crippen molar-refractivity contribution >= 4 is 17.3 Å². The Morgan fingerprint density at radius 3 is 3.00 bits per heavy atom. The normalized spacial score (nSPS) is 14.9. The first kappa shape index (κ1) is 12.0. The maximum Gasteiger partial charge on any atom is 0.0992 e. The molecule has 0 saturated heterocycles. The lowest BCUT2D eigenvalue weighted by Gasteiger charge is -2.15. The van der Waals surface area contributed by atoms with Gasteiger partial charge in [0.15, 0.2) is 0 Å². The van der Waals surface area contributed by atoms with E-state index in [2.05, 4.69) is 22.8 Å². The van der Waals surface area contributed by atoms with E-state index >= 15 is 0 Å². The van der Waals surface area contributed by atoms with Gasteiger partial charge >= 0.3 is 0 Å². The summed E-state index contributed by atoms with van der Waals surface area (Å²) in [4.78, 5) is 0. The van der Waals surface area contributed by atoms with Crippen molar-refractivity contribution in [1.82, 2.24) is 5.32 Å². The fourth-order valence-electron chi connectivity index (χ4n) is 1.77. The Kier molecular flexibility index (Phi) is 4.03. The molecule has 0 spiro atoms. The summed E-state index contributed by atoms with van der Waals surface area (Å²) >= 11 is 6.08. The standard InChI is InChI=1S/C13H14ClN3/c14-12-7-11(8-15)1-2-13(12)17-9-10-3-5-16-6-4-10/h1-3,7,16-17H,4-6,9H2. The Labute approximate surface area is 106 Å². The van der Waals surface area contributed by atoms with Gasteiger partial charge in [-0.2, -0.15) is 5.26 Å². The van der Waals surface area contributed by atoms with Gasteiger partial charge < -0.3 is 10.6 Å². The van der Waals surface area contributed by atoms with Crippen molar-refractivity contribution in [2.75, 3.05) is 25.0 Å². The Morgan fingerprint density at radius 1 is 1.47 bits per heavy atom. The van der Waals surface area contributed by atoms with Crippen LogP contribution in [0.25, 0.3) is 0 Å². The highest BCUT2D eigenvalue weighted by Crippen LogP contribution is 2.23. The van der Waals surface area contributed by atoms with Crippen molar-refractivity contribution in [3.63, 3.8) is 0 Å². The number of nitriles is 1. The molecule has 0 atom stereocenters. The topological polar surface area (TPSA) is 47.9 Å². The Morgan fingerprint density at radius 2 is 2.35 bits per heavy atom. The van der Waals surface area contributed by atoms with Crippen LogP contribution in [0.15, 0.2) is 29.8 Å². The third-order valence-corrected chi connectivity index (χ3v) is 3.07. The molecule has 1 aromatic carbocycles. The van der Waals surface area contributed by atoms with Crippen LogP contribution >= 0.6 is 11.6 Å². The molecule has 1 aliphatic rings. The molecule has 88 valence electrons. The monoisotopic (exact) mass is 247 g/mol. The van der Waals surface area contributed by atoms with Gasteiger partial charge in [-0.1, -0.05) is 23.3 Å². The quantitative estimate of drug-likeness (QED) is 0.807. The third-order valence-electron chi connectivity index (χ3n) is 2.76. The average molecular weight is 248 g/mol. The smallest absolute Gasteiger partial charge is 0.0992 e. The minimum Gasteiger partial charge on any atom is -0.380 e. The predicted molar refractivity (Wildman–Crippen MR) is 70.2 cm³/mol. The molecule has 1 aromatic rings. The molecule has 0 aromatic heterocycles. The lowest BCUT2D eigenvalue weighted by Crippen LogP contribution is -2.23. The fourth-order valence-corrected chi connectivity index (χ4v) is 2.01. The van der Waals surface area contributed by atoms with Crippen molar-refractivity contribution in [1.29, 1.82) is 5.26 Å².